The Morgan fingerprint density at radius 3 is 3.13 bits per heavy atom. The minimum atomic E-state index is 0.597. The number of hydrogen-bond donors (Lipinski definition) is 1. The lowest BCUT2D eigenvalue weighted by molar-refractivity contribution is 0.816. The number of aromatic nitrogens is 2. The Morgan fingerprint density at radius 2 is 2.27 bits per heavy atom. The topological polar surface area (TPSA) is 53.6 Å². The van der Waals surface area contributed by atoms with Crippen LogP contribution in [-0.2, 0) is 6.54 Å². The van der Waals surface area contributed by atoms with Crippen LogP contribution in [-0.4, -0.2) is 9.55 Å². The first kappa shape index (κ1) is 8.06. The van der Waals surface area contributed by atoms with Crippen molar-refractivity contribution < 1.29 is 0 Å². The van der Waals surface area contributed by atoms with Crippen LogP contribution in [0, 0.1) is 11.3 Å². The Kier molecular flexibility index (Phi) is 1.53. The van der Waals surface area contributed by atoms with Gasteiger partial charge in [-0.15, -0.1) is 0 Å². The highest BCUT2D eigenvalue weighted by Gasteiger charge is 2.14. The van der Waals surface area contributed by atoms with E-state index in [9.17, 15) is 0 Å². The van der Waals surface area contributed by atoms with Crippen molar-refractivity contribution in [1.82, 2.24) is 9.55 Å². The summed E-state index contributed by atoms with van der Waals surface area (Å²) < 4.78 is 2.01. The standard InChI is InChI=1S/C11H8N4/c12-5-8-6-13-11-14-9-3-1-2-4-10(9)15(11)7-8/h1-4,6H,7H2,(H,13,14). The monoisotopic (exact) mass is 196 g/mol. The average Bonchev–Trinajstić information content (AvgIpc) is 2.66. The van der Waals surface area contributed by atoms with E-state index >= 15 is 0 Å². The molecule has 1 aliphatic heterocycles. The van der Waals surface area contributed by atoms with Gasteiger partial charge in [0.15, 0.2) is 0 Å². The second kappa shape index (κ2) is 2.85. The molecule has 0 saturated carbocycles. The van der Waals surface area contributed by atoms with Crippen molar-refractivity contribution in [2.75, 3.05) is 5.32 Å². The van der Waals surface area contributed by atoms with Crippen LogP contribution < -0.4 is 5.32 Å². The Labute approximate surface area is 86.5 Å². The minimum absolute atomic E-state index is 0.597. The molecule has 1 aromatic carbocycles. The summed E-state index contributed by atoms with van der Waals surface area (Å²) in [6, 6.07) is 10.1. The van der Waals surface area contributed by atoms with Crippen molar-refractivity contribution in [1.29, 1.82) is 5.26 Å². The largest absolute Gasteiger partial charge is 0.331 e. The van der Waals surface area contributed by atoms with Crippen LogP contribution in [0.4, 0.5) is 5.95 Å². The molecule has 3 rings (SSSR count). The summed E-state index contributed by atoms with van der Waals surface area (Å²) in [4.78, 5) is 4.42. The van der Waals surface area contributed by atoms with Gasteiger partial charge in [-0.3, -0.25) is 0 Å². The number of nitriles is 1. The van der Waals surface area contributed by atoms with E-state index in [4.69, 9.17) is 5.26 Å². The average molecular weight is 196 g/mol. The molecule has 0 aliphatic carbocycles. The van der Waals surface area contributed by atoms with Crippen molar-refractivity contribution in [2.24, 2.45) is 0 Å². The summed E-state index contributed by atoms with van der Waals surface area (Å²) in [5.41, 5.74) is 2.72. The van der Waals surface area contributed by atoms with Gasteiger partial charge in [-0.25, -0.2) is 4.98 Å². The summed E-state index contributed by atoms with van der Waals surface area (Å²) >= 11 is 0. The number of fused-ring (bicyclic) bond motifs is 3. The van der Waals surface area contributed by atoms with Gasteiger partial charge in [-0.05, 0) is 12.1 Å². The molecule has 4 heteroatoms. The smallest absolute Gasteiger partial charge is 0.208 e. The van der Waals surface area contributed by atoms with E-state index in [1.165, 1.54) is 0 Å². The van der Waals surface area contributed by atoms with Gasteiger partial charge in [-0.1, -0.05) is 12.1 Å². The van der Waals surface area contributed by atoms with Crippen molar-refractivity contribution >= 4 is 17.0 Å². The maximum atomic E-state index is 8.83. The molecule has 1 aliphatic rings. The molecule has 0 atom stereocenters. The van der Waals surface area contributed by atoms with Crippen molar-refractivity contribution in [3.8, 4) is 6.07 Å². The van der Waals surface area contributed by atoms with E-state index in [0.717, 1.165) is 17.0 Å². The maximum absolute atomic E-state index is 8.83. The molecule has 0 unspecified atom stereocenters. The van der Waals surface area contributed by atoms with Crippen LogP contribution in [0.3, 0.4) is 0 Å². The highest BCUT2D eigenvalue weighted by atomic mass is 15.2. The zero-order chi connectivity index (χ0) is 10.3. The molecule has 0 radical (unpaired) electrons. The first-order valence-corrected chi connectivity index (χ1v) is 4.69. The molecule has 15 heavy (non-hydrogen) atoms. The van der Waals surface area contributed by atoms with Crippen molar-refractivity contribution in [2.45, 2.75) is 6.54 Å². The van der Waals surface area contributed by atoms with Gasteiger partial charge < -0.3 is 9.88 Å². The maximum Gasteiger partial charge on any atom is 0.208 e. The third-order valence-electron chi connectivity index (χ3n) is 2.50. The highest BCUT2D eigenvalue weighted by Crippen LogP contribution is 2.23. The summed E-state index contributed by atoms with van der Waals surface area (Å²) in [7, 11) is 0. The SMILES string of the molecule is N#CC1=CNc2nc3ccccc3n2C1. The number of anilines is 1. The van der Waals surface area contributed by atoms with Crippen LogP contribution in [0.1, 0.15) is 0 Å². The summed E-state index contributed by atoms with van der Waals surface area (Å²) in [6.45, 7) is 0.597. The van der Waals surface area contributed by atoms with E-state index in [1.807, 2.05) is 28.8 Å². The molecule has 2 heterocycles. The zero-order valence-corrected chi connectivity index (χ0v) is 7.94. The Balaban J connectivity index is 2.23. The molecule has 1 N–H and O–H groups in total. The predicted molar refractivity (Wildman–Crippen MR) is 57.1 cm³/mol. The lowest BCUT2D eigenvalue weighted by Crippen LogP contribution is -2.11. The predicted octanol–water partition coefficient (Wildman–Crippen LogP) is 1.87. The number of allylic oxidation sites excluding steroid dienone is 1. The van der Waals surface area contributed by atoms with E-state index in [2.05, 4.69) is 16.4 Å². The van der Waals surface area contributed by atoms with Crippen LogP contribution in [0.2, 0.25) is 0 Å². The van der Waals surface area contributed by atoms with E-state index in [1.54, 1.807) is 6.20 Å². The molecule has 0 amide bonds. The van der Waals surface area contributed by atoms with Crippen molar-refractivity contribution in [3.05, 3.63) is 36.0 Å². The van der Waals surface area contributed by atoms with Crippen LogP contribution in [0.5, 0.6) is 0 Å². The quantitative estimate of drug-likeness (QED) is 0.699. The lowest BCUT2D eigenvalue weighted by Gasteiger charge is -2.12. The minimum Gasteiger partial charge on any atom is -0.331 e. The number of rotatable bonds is 0. The van der Waals surface area contributed by atoms with Gasteiger partial charge in [0.05, 0.1) is 29.2 Å². The van der Waals surface area contributed by atoms with Gasteiger partial charge in [-0.2, -0.15) is 5.26 Å². The van der Waals surface area contributed by atoms with Gasteiger partial charge in [0.25, 0.3) is 0 Å². The summed E-state index contributed by atoms with van der Waals surface area (Å²) in [5.74, 6) is 0.801. The first-order chi connectivity index (χ1) is 7.38. The molecule has 0 spiro atoms. The van der Waals surface area contributed by atoms with Crippen LogP contribution >= 0.6 is 0 Å². The molecule has 4 nitrogen and oxygen atoms in total. The normalized spacial score (nSPS) is 13.9. The molecule has 1 aromatic heterocycles. The van der Waals surface area contributed by atoms with Gasteiger partial charge >= 0.3 is 0 Å². The number of nitrogens with one attached hydrogen (secondary N) is 1. The fourth-order valence-electron chi connectivity index (χ4n) is 1.78. The molecule has 72 valence electrons. The molecular weight excluding hydrogens is 188 g/mol. The van der Waals surface area contributed by atoms with Gasteiger partial charge in [0, 0.05) is 6.20 Å². The van der Waals surface area contributed by atoms with Crippen molar-refractivity contribution in [3.63, 3.8) is 0 Å². The lowest BCUT2D eigenvalue weighted by atomic mass is 10.2. The Morgan fingerprint density at radius 1 is 1.40 bits per heavy atom. The van der Waals surface area contributed by atoms with E-state index in [0.29, 0.717) is 12.1 Å². The summed E-state index contributed by atoms with van der Waals surface area (Å²) in [6.07, 6.45) is 1.71. The zero-order valence-electron chi connectivity index (χ0n) is 7.94. The number of benzene rings is 1. The Hall–Kier alpha value is -2.28. The molecular formula is C11H8N4. The van der Waals surface area contributed by atoms with E-state index in [-0.39, 0.29) is 0 Å². The highest BCUT2D eigenvalue weighted by molar-refractivity contribution is 5.79. The first-order valence-electron chi connectivity index (χ1n) is 4.69. The van der Waals surface area contributed by atoms with Crippen LogP contribution in [0.15, 0.2) is 36.0 Å². The molecule has 0 fully saturated rings. The van der Waals surface area contributed by atoms with E-state index < -0.39 is 0 Å². The number of hydrogen-bond acceptors (Lipinski definition) is 3. The molecule has 2 aromatic rings. The third kappa shape index (κ3) is 1.10. The second-order valence-corrected chi connectivity index (χ2v) is 3.44. The molecule has 0 bridgehead atoms. The number of para-hydroxylation sites is 2. The third-order valence-corrected chi connectivity index (χ3v) is 2.50. The number of imidazole rings is 1. The molecule has 0 saturated heterocycles. The second-order valence-electron chi connectivity index (χ2n) is 3.44. The fourth-order valence-corrected chi connectivity index (χ4v) is 1.78. The van der Waals surface area contributed by atoms with Gasteiger partial charge in [0.2, 0.25) is 5.95 Å². The summed E-state index contributed by atoms with van der Waals surface area (Å²) in [5, 5.41) is 11.9. The van der Waals surface area contributed by atoms with Gasteiger partial charge in [0.1, 0.15) is 0 Å². The van der Waals surface area contributed by atoms with Crippen LogP contribution in [0.25, 0.3) is 11.0 Å². The number of nitrogens with zero attached hydrogens (tertiary/aromatic N) is 3. The Bertz CT molecular complexity index is 601. The fraction of sp³-hybridized carbons (Fsp3) is 0.0909.